The van der Waals surface area contributed by atoms with Crippen LogP contribution in [0.4, 0.5) is 4.79 Å². The average Bonchev–Trinajstić information content (AvgIpc) is 3.33. The van der Waals surface area contributed by atoms with Crippen LogP contribution >= 0.6 is 0 Å². The first kappa shape index (κ1) is 19.4. The summed E-state index contributed by atoms with van der Waals surface area (Å²) in [6.45, 7) is 2.73. The predicted molar refractivity (Wildman–Crippen MR) is 104 cm³/mol. The van der Waals surface area contributed by atoms with Crippen LogP contribution in [-0.2, 0) is 25.7 Å². The van der Waals surface area contributed by atoms with Gasteiger partial charge in [0.1, 0.15) is 12.6 Å². The Morgan fingerprint density at radius 1 is 1.10 bits per heavy atom. The van der Waals surface area contributed by atoms with Crippen molar-refractivity contribution >= 4 is 12.1 Å². The maximum atomic E-state index is 12.6. The van der Waals surface area contributed by atoms with E-state index in [-0.39, 0.29) is 25.2 Å². The Morgan fingerprint density at radius 2 is 1.79 bits per heavy atom. The molecule has 2 aliphatic heterocycles. The molecule has 2 aromatic carbocycles. The van der Waals surface area contributed by atoms with Crippen molar-refractivity contribution in [3.63, 3.8) is 0 Å². The molecule has 2 heterocycles. The molecule has 0 saturated carbocycles. The molecule has 4 rings (SSSR count). The third-order valence-electron chi connectivity index (χ3n) is 5.18. The Hall–Kier alpha value is -2.90. The number of amides is 1. The van der Waals surface area contributed by atoms with Gasteiger partial charge in [0.05, 0.1) is 19.2 Å². The number of nitrogens with zero attached hydrogens (tertiary/aromatic N) is 2. The second kappa shape index (κ2) is 8.63. The summed E-state index contributed by atoms with van der Waals surface area (Å²) in [5.74, 6) is -0.352. The Kier molecular flexibility index (Phi) is 5.78. The largest absolute Gasteiger partial charge is 0.465 e. The van der Waals surface area contributed by atoms with E-state index in [4.69, 9.17) is 14.3 Å². The summed E-state index contributed by atoms with van der Waals surface area (Å²) in [6.07, 6.45) is -0.717. The summed E-state index contributed by atoms with van der Waals surface area (Å²) >= 11 is 0. The van der Waals surface area contributed by atoms with Gasteiger partial charge in [-0.05, 0) is 18.1 Å². The highest BCUT2D eigenvalue weighted by molar-refractivity contribution is 5.76. The van der Waals surface area contributed by atoms with Gasteiger partial charge in [-0.15, -0.1) is 0 Å². The first-order valence-electron chi connectivity index (χ1n) is 9.81. The first-order valence-corrected chi connectivity index (χ1v) is 9.81. The van der Waals surface area contributed by atoms with E-state index in [2.05, 4.69) is 0 Å². The number of hydrogen-bond donors (Lipinski definition) is 0. The van der Waals surface area contributed by atoms with Gasteiger partial charge in [-0.3, -0.25) is 14.5 Å². The molecule has 29 heavy (non-hydrogen) atoms. The summed E-state index contributed by atoms with van der Waals surface area (Å²) in [7, 11) is 0. The summed E-state index contributed by atoms with van der Waals surface area (Å²) in [6, 6.07) is 18.6. The van der Waals surface area contributed by atoms with Crippen LogP contribution in [0.3, 0.4) is 0 Å². The lowest BCUT2D eigenvalue weighted by Crippen LogP contribution is -2.38. The zero-order valence-corrected chi connectivity index (χ0v) is 16.3. The van der Waals surface area contributed by atoms with Crippen molar-refractivity contribution in [2.24, 2.45) is 0 Å². The molecule has 0 aliphatic carbocycles. The third kappa shape index (κ3) is 4.11. The number of carbonyl (C=O) groups is 2. The van der Waals surface area contributed by atoms with Crippen LogP contribution in [0.25, 0.3) is 0 Å². The van der Waals surface area contributed by atoms with Crippen molar-refractivity contribution in [2.45, 2.75) is 38.2 Å². The number of cyclic esters (lactones) is 1. The molecule has 1 amide bonds. The molecule has 2 aliphatic rings. The summed E-state index contributed by atoms with van der Waals surface area (Å²) in [5, 5.41) is 1.62. The lowest BCUT2D eigenvalue weighted by molar-refractivity contribution is -0.206. The molecule has 0 aromatic heterocycles. The van der Waals surface area contributed by atoms with Gasteiger partial charge in [0.25, 0.3) is 0 Å². The fourth-order valence-corrected chi connectivity index (χ4v) is 3.79. The van der Waals surface area contributed by atoms with Crippen molar-refractivity contribution in [1.82, 2.24) is 9.96 Å². The maximum Gasteiger partial charge on any atom is 0.412 e. The zero-order chi connectivity index (χ0) is 20.2. The molecule has 0 unspecified atom stereocenters. The van der Waals surface area contributed by atoms with Gasteiger partial charge in [0, 0.05) is 6.42 Å². The van der Waals surface area contributed by atoms with Crippen molar-refractivity contribution in [3.8, 4) is 0 Å². The minimum atomic E-state index is -0.603. The Bertz CT molecular complexity index is 845. The van der Waals surface area contributed by atoms with Crippen LogP contribution in [0.5, 0.6) is 0 Å². The minimum Gasteiger partial charge on any atom is -0.465 e. The molecule has 0 N–H and O–H groups in total. The number of carbonyl (C=O) groups excluding carboxylic acids is 2. The average molecular weight is 396 g/mol. The molecule has 0 bridgehead atoms. The lowest BCUT2D eigenvalue weighted by Gasteiger charge is -2.27. The van der Waals surface area contributed by atoms with E-state index >= 15 is 0 Å². The fourth-order valence-electron chi connectivity index (χ4n) is 3.79. The summed E-state index contributed by atoms with van der Waals surface area (Å²) in [5.41, 5.74) is 1.97. The van der Waals surface area contributed by atoms with Crippen LogP contribution in [0, 0.1) is 0 Å². The highest BCUT2D eigenvalue weighted by Gasteiger charge is 2.48. The molecule has 7 nitrogen and oxygen atoms in total. The monoisotopic (exact) mass is 396 g/mol. The maximum absolute atomic E-state index is 12.6. The van der Waals surface area contributed by atoms with Crippen LogP contribution in [0.15, 0.2) is 60.7 Å². The van der Waals surface area contributed by atoms with E-state index in [0.29, 0.717) is 13.0 Å². The predicted octanol–water partition coefficient (Wildman–Crippen LogP) is 3.28. The van der Waals surface area contributed by atoms with E-state index in [0.717, 1.165) is 11.1 Å². The highest BCUT2D eigenvalue weighted by Crippen LogP contribution is 2.36. The number of esters is 1. The third-order valence-corrected chi connectivity index (χ3v) is 5.18. The molecule has 152 valence electrons. The van der Waals surface area contributed by atoms with Gasteiger partial charge in [-0.1, -0.05) is 60.7 Å². The van der Waals surface area contributed by atoms with Gasteiger partial charge in [-0.25, -0.2) is 4.79 Å². The van der Waals surface area contributed by atoms with Crippen LogP contribution in [-0.4, -0.2) is 47.5 Å². The summed E-state index contributed by atoms with van der Waals surface area (Å²) in [4.78, 5) is 32.8. The number of ether oxygens (including phenoxy) is 2. The second-order valence-electron chi connectivity index (χ2n) is 7.04. The van der Waals surface area contributed by atoms with Crippen LogP contribution < -0.4 is 0 Å². The van der Waals surface area contributed by atoms with Gasteiger partial charge in [0.15, 0.2) is 6.23 Å². The highest BCUT2D eigenvalue weighted by atomic mass is 16.7. The van der Waals surface area contributed by atoms with Crippen LogP contribution in [0.2, 0.25) is 0 Å². The molecule has 3 atom stereocenters. The second-order valence-corrected chi connectivity index (χ2v) is 7.04. The number of benzene rings is 2. The number of hydrogen-bond acceptors (Lipinski definition) is 6. The SMILES string of the molecule is CCOC(=O)[C@H]1C[C@@H](N2C(=O)OC[C@H]2c2ccccc2)ON1Cc1ccccc1. The van der Waals surface area contributed by atoms with E-state index in [1.54, 1.807) is 16.9 Å². The van der Waals surface area contributed by atoms with Gasteiger partial charge >= 0.3 is 12.1 Å². The molecule has 2 aromatic rings. The Labute approximate surface area is 169 Å². The van der Waals surface area contributed by atoms with Gasteiger partial charge in [0.2, 0.25) is 0 Å². The van der Waals surface area contributed by atoms with E-state index in [1.807, 2.05) is 60.7 Å². The van der Waals surface area contributed by atoms with Crippen molar-refractivity contribution in [2.75, 3.05) is 13.2 Å². The van der Waals surface area contributed by atoms with E-state index in [1.165, 1.54) is 0 Å². The molecule has 0 spiro atoms. The topological polar surface area (TPSA) is 68.3 Å². The van der Waals surface area contributed by atoms with Crippen molar-refractivity contribution < 1.29 is 23.9 Å². The fraction of sp³-hybridized carbons (Fsp3) is 0.364. The lowest BCUT2D eigenvalue weighted by atomic mass is 10.1. The molecular formula is C22H24N2O5. The number of hydroxylamine groups is 2. The van der Waals surface area contributed by atoms with Gasteiger partial charge < -0.3 is 9.47 Å². The molecule has 2 fully saturated rings. The van der Waals surface area contributed by atoms with E-state index in [9.17, 15) is 9.59 Å². The number of rotatable bonds is 6. The molecule has 7 heteroatoms. The smallest absolute Gasteiger partial charge is 0.412 e. The Morgan fingerprint density at radius 3 is 2.48 bits per heavy atom. The van der Waals surface area contributed by atoms with Crippen molar-refractivity contribution in [1.29, 1.82) is 0 Å². The summed E-state index contributed by atoms with van der Waals surface area (Å²) < 4.78 is 10.6. The van der Waals surface area contributed by atoms with Crippen LogP contribution in [0.1, 0.15) is 30.5 Å². The normalized spacial score (nSPS) is 24.5. The molecule has 2 saturated heterocycles. The van der Waals surface area contributed by atoms with E-state index < -0.39 is 18.4 Å². The van der Waals surface area contributed by atoms with Crippen molar-refractivity contribution in [3.05, 3.63) is 71.8 Å². The van der Waals surface area contributed by atoms with Gasteiger partial charge in [-0.2, -0.15) is 5.06 Å². The minimum absolute atomic E-state index is 0.255. The molecule has 0 radical (unpaired) electrons. The standard InChI is InChI=1S/C22H24N2O5/c1-2-27-21(25)18-13-20(29-23(18)14-16-9-5-3-6-10-16)24-19(15-28-22(24)26)17-11-7-4-8-12-17/h3-12,18-20H,2,13-15H2,1H3/t18-,19+,20+/m1/s1. The molecular weight excluding hydrogens is 372 g/mol. The first-order chi connectivity index (χ1) is 14.2. The Balaban J connectivity index is 1.57. The zero-order valence-electron chi connectivity index (χ0n) is 16.3. The quantitative estimate of drug-likeness (QED) is 0.698.